The summed E-state index contributed by atoms with van der Waals surface area (Å²) in [5, 5.41) is 2.92. The number of hydrogen-bond acceptors (Lipinski definition) is 3. The molecule has 0 aromatic heterocycles. The van der Waals surface area contributed by atoms with Crippen molar-refractivity contribution in [1.29, 1.82) is 0 Å². The van der Waals surface area contributed by atoms with E-state index in [1.165, 1.54) is 28.6 Å². The molecular formula is C20H25FN2O3S. The Bertz CT molecular complexity index is 865. The topological polar surface area (TPSA) is 66.5 Å². The first-order valence-electron chi connectivity index (χ1n) is 8.76. The first-order chi connectivity index (χ1) is 12.7. The zero-order valence-electron chi connectivity index (χ0n) is 15.8. The van der Waals surface area contributed by atoms with E-state index in [-0.39, 0.29) is 24.9 Å². The Balaban J connectivity index is 1.91. The van der Waals surface area contributed by atoms with E-state index >= 15 is 0 Å². The first kappa shape index (κ1) is 20.9. The van der Waals surface area contributed by atoms with E-state index in [1.54, 1.807) is 0 Å². The molecule has 1 atom stereocenters. The van der Waals surface area contributed by atoms with Gasteiger partial charge < -0.3 is 5.32 Å². The molecule has 0 bridgehead atoms. The molecule has 0 aliphatic heterocycles. The van der Waals surface area contributed by atoms with Gasteiger partial charge in [-0.05, 0) is 50.1 Å². The standard InChI is InChI=1S/C20H25FN2O3S/c1-15-6-8-17(9-7-15)16(2)22-20(24)5-4-14-23(27(3,25)26)19-12-10-18(21)11-13-19/h6-13,16H,4-5,14H2,1-3H3,(H,22,24). The van der Waals surface area contributed by atoms with Crippen LogP contribution < -0.4 is 9.62 Å². The highest BCUT2D eigenvalue weighted by Crippen LogP contribution is 2.19. The predicted octanol–water partition coefficient (Wildman–Crippen LogP) is 3.56. The molecule has 1 N–H and O–H groups in total. The van der Waals surface area contributed by atoms with Gasteiger partial charge in [0.25, 0.3) is 0 Å². The zero-order valence-corrected chi connectivity index (χ0v) is 16.6. The number of nitrogens with one attached hydrogen (secondary N) is 1. The van der Waals surface area contributed by atoms with Crippen LogP contribution in [0, 0.1) is 12.7 Å². The quantitative estimate of drug-likeness (QED) is 0.747. The molecule has 1 amide bonds. The minimum absolute atomic E-state index is 0.124. The number of carbonyl (C=O) groups is 1. The molecular weight excluding hydrogens is 367 g/mol. The number of aryl methyl sites for hydroxylation is 1. The molecule has 27 heavy (non-hydrogen) atoms. The third kappa shape index (κ3) is 6.36. The van der Waals surface area contributed by atoms with Crippen molar-refractivity contribution in [2.24, 2.45) is 0 Å². The van der Waals surface area contributed by atoms with Crippen molar-refractivity contribution in [2.45, 2.75) is 32.7 Å². The van der Waals surface area contributed by atoms with Gasteiger partial charge >= 0.3 is 0 Å². The molecule has 2 aromatic carbocycles. The lowest BCUT2D eigenvalue weighted by molar-refractivity contribution is -0.121. The third-order valence-electron chi connectivity index (χ3n) is 4.23. The van der Waals surface area contributed by atoms with Gasteiger partial charge in [-0.1, -0.05) is 29.8 Å². The number of rotatable bonds is 8. The molecule has 0 saturated heterocycles. The first-order valence-corrected chi connectivity index (χ1v) is 10.6. The molecule has 0 radical (unpaired) electrons. The van der Waals surface area contributed by atoms with E-state index < -0.39 is 15.8 Å². The Labute approximate surface area is 160 Å². The maximum absolute atomic E-state index is 13.1. The van der Waals surface area contributed by atoms with Crippen LogP contribution in [-0.2, 0) is 14.8 Å². The molecule has 7 heteroatoms. The van der Waals surface area contributed by atoms with Gasteiger partial charge in [0.1, 0.15) is 5.82 Å². The number of anilines is 1. The molecule has 2 aromatic rings. The summed E-state index contributed by atoms with van der Waals surface area (Å²) in [6, 6.07) is 13.1. The van der Waals surface area contributed by atoms with Crippen LogP contribution in [0.3, 0.4) is 0 Å². The van der Waals surface area contributed by atoms with Crippen LogP contribution in [0.15, 0.2) is 48.5 Å². The van der Waals surface area contributed by atoms with Crippen LogP contribution in [0.4, 0.5) is 10.1 Å². The summed E-state index contributed by atoms with van der Waals surface area (Å²) < 4.78 is 38.3. The SMILES string of the molecule is Cc1ccc(C(C)NC(=O)CCCN(c2ccc(F)cc2)S(C)(=O)=O)cc1. The van der Waals surface area contributed by atoms with Crippen molar-refractivity contribution < 1.29 is 17.6 Å². The lowest BCUT2D eigenvalue weighted by Crippen LogP contribution is -2.32. The smallest absolute Gasteiger partial charge is 0.232 e. The molecule has 0 fully saturated rings. The highest BCUT2D eigenvalue weighted by molar-refractivity contribution is 7.92. The van der Waals surface area contributed by atoms with Crippen LogP contribution in [0.2, 0.25) is 0 Å². The maximum atomic E-state index is 13.1. The zero-order chi connectivity index (χ0) is 20.0. The minimum Gasteiger partial charge on any atom is -0.350 e. The van der Waals surface area contributed by atoms with Crippen LogP contribution >= 0.6 is 0 Å². The van der Waals surface area contributed by atoms with Gasteiger partial charge in [-0.15, -0.1) is 0 Å². The predicted molar refractivity (Wildman–Crippen MR) is 106 cm³/mol. The number of hydrogen-bond donors (Lipinski definition) is 1. The lowest BCUT2D eigenvalue weighted by Gasteiger charge is -2.22. The Kier molecular flexibility index (Phi) is 6.96. The van der Waals surface area contributed by atoms with Crippen LogP contribution in [0.25, 0.3) is 0 Å². The van der Waals surface area contributed by atoms with Gasteiger partial charge in [-0.25, -0.2) is 12.8 Å². The number of nitrogens with zero attached hydrogens (tertiary/aromatic N) is 1. The van der Waals surface area contributed by atoms with E-state index in [2.05, 4.69) is 5.32 Å². The van der Waals surface area contributed by atoms with Crippen molar-refractivity contribution in [3.63, 3.8) is 0 Å². The molecule has 0 saturated carbocycles. The van der Waals surface area contributed by atoms with Crippen molar-refractivity contribution in [1.82, 2.24) is 5.32 Å². The van der Waals surface area contributed by atoms with Crippen molar-refractivity contribution in [3.05, 3.63) is 65.5 Å². The fourth-order valence-corrected chi connectivity index (χ4v) is 3.69. The van der Waals surface area contributed by atoms with E-state index in [0.717, 1.165) is 17.4 Å². The van der Waals surface area contributed by atoms with Gasteiger partial charge in [-0.2, -0.15) is 0 Å². The van der Waals surface area contributed by atoms with Crippen molar-refractivity contribution in [3.8, 4) is 0 Å². The molecule has 0 heterocycles. The molecule has 0 spiro atoms. The van der Waals surface area contributed by atoms with Crippen LogP contribution in [0.5, 0.6) is 0 Å². The van der Waals surface area contributed by atoms with Crippen LogP contribution in [0.1, 0.15) is 36.9 Å². The summed E-state index contributed by atoms with van der Waals surface area (Å²) in [4.78, 5) is 12.2. The molecule has 0 aliphatic carbocycles. The fourth-order valence-electron chi connectivity index (χ4n) is 2.73. The van der Waals surface area contributed by atoms with Crippen molar-refractivity contribution in [2.75, 3.05) is 17.1 Å². The second-order valence-electron chi connectivity index (χ2n) is 6.61. The molecule has 0 aliphatic rings. The normalized spacial score (nSPS) is 12.4. The highest BCUT2D eigenvalue weighted by atomic mass is 32.2. The van der Waals surface area contributed by atoms with Crippen molar-refractivity contribution >= 4 is 21.6 Å². The molecule has 5 nitrogen and oxygen atoms in total. The fraction of sp³-hybridized carbons (Fsp3) is 0.350. The minimum atomic E-state index is -3.52. The molecule has 1 unspecified atom stereocenters. The number of benzene rings is 2. The summed E-state index contributed by atoms with van der Waals surface area (Å²) in [5.41, 5.74) is 2.55. The molecule has 146 valence electrons. The Morgan fingerprint density at radius 2 is 1.70 bits per heavy atom. The Hall–Kier alpha value is -2.41. The monoisotopic (exact) mass is 392 g/mol. The average molecular weight is 392 g/mol. The summed E-state index contributed by atoms with van der Waals surface area (Å²) in [5.74, 6) is -0.577. The summed E-state index contributed by atoms with van der Waals surface area (Å²) in [6.45, 7) is 4.06. The van der Waals surface area contributed by atoms with E-state index in [0.29, 0.717) is 12.1 Å². The summed E-state index contributed by atoms with van der Waals surface area (Å²) in [6.07, 6.45) is 1.65. The number of carbonyl (C=O) groups excluding carboxylic acids is 1. The van der Waals surface area contributed by atoms with E-state index in [1.807, 2.05) is 38.1 Å². The number of sulfonamides is 1. The molecule has 2 rings (SSSR count). The highest BCUT2D eigenvalue weighted by Gasteiger charge is 2.18. The van der Waals surface area contributed by atoms with Gasteiger partial charge in [0.15, 0.2) is 0 Å². The van der Waals surface area contributed by atoms with Gasteiger partial charge in [0.2, 0.25) is 15.9 Å². The second-order valence-corrected chi connectivity index (χ2v) is 8.52. The Morgan fingerprint density at radius 1 is 1.11 bits per heavy atom. The number of halogens is 1. The Morgan fingerprint density at radius 3 is 2.26 bits per heavy atom. The maximum Gasteiger partial charge on any atom is 0.232 e. The van der Waals surface area contributed by atoms with E-state index in [9.17, 15) is 17.6 Å². The summed E-state index contributed by atoms with van der Waals surface area (Å²) >= 11 is 0. The van der Waals surface area contributed by atoms with Crippen LogP contribution in [-0.4, -0.2) is 27.1 Å². The lowest BCUT2D eigenvalue weighted by atomic mass is 10.1. The van der Waals surface area contributed by atoms with Gasteiger partial charge in [0, 0.05) is 13.0 Å². The second kappa shape index (κ2) is 8.99. The van der Waals surface area contributed by atoms with Gasteiger partial charge in [0.05, 0.1) is 18.0 Å². The number of amides is 1. The van der Waals surface area contributed by atoms with Gasteiger partial charge in [-0.3, -0.25) is 9.10 Å². The average Bonchev–Trinajstić information content (AvgIpc) is 2.59. The third-order valence-corrected chi connectivity index (χ3v) is 5.43. The largest absolute Gasteiger partial charge is 0.350 e. The summed E-state index contributed by atoms with van der Waals surface area (Å²) in [7, 11) is -3.52. The van der Waals surface area contributed by atoms with E-state index in [4.69, 9.17) is 0 Å².